The molecule has 1 unspecified atom stereocenters. The van der Waals surface area contributed by atoms with E-state index in [0.29, 0.717) is 16.3 Å². The number of hydrogen-bond donors (Lipinski definition) is 0. The summed E-state index contributed by atoms with van der Waals surface area (Å²) < 4.78 is 10.4. The number of rotatable bonds is 2. The number of fused-ring (bicyclic) bond motifs is 3. The largest absolute Gasteiger partial charge is 0.468 e. The second-order valence-electron chi connectivity index (χ2n) is 6.48. The predicted molar refractivity (Wildman–Crippen MR) is 97.4 cm³/mol. The van der Waals surface area contributed by atoms with Crippen molar-refractivity contribution < 1.29 is 23.9 Å². The topological polar surface area (TPSA) is 72.9 Å². The SMILES string of the molecule is COC(=O)[C@H]1C(=O)N2c3ccccc3C(=O)OC2C[C@@H]1c1ccc(Cl)cc1. The standard InChI is InChI=1S/C20H16ClNO5/c1-26-20(25)17-14(11-6-8-12(21)9-7-11)10-16-22(18(17)23)15-5-3-2-4-13(15)19(24)27-16/h2-9,14,16-17H,10H2,1H3/t14-,16?,17-/m1/s1. The fourth-order valence-electron chi connectivity index (χ4n) is 3.77. The molecule has 6 nitrogen and oxygen atoms in total. The Morgan fingerprint density at radius 3 is 2.56 bits per heavy atom. The Kier molecular flexibility index (Phi) is 4.36. The smallest absolute Gasteiger partial charge is 0.342 e. The molecule has 2 aliphatic rings. The van der Waals surface area contributed by atoms with Gasteiger partial charge < -0.3 is 9.47 Å². The van der Waals surface area contributed by atoms with E-state index in [9.17, 15) is 14.4 Å². The lowest BCUT2D eigenvalue weighted by molar-refractivity contribution is -0.153. The molecule has 138 valence electrons. The fraction of sp³-hybridized carbons (Fsp3) is 0.250. The van der Waals surface area contributed by atoms with E-state index >= 15 is 0 Å². The van der Waals surface area contributed by atoms with E-state index in [1.54, 1.807) is 48.5 Å². The maximum Gasteiger partial charge on any atom is 0.342 e. The molecule has 2 aliphatic heterocycles. The van der Waals surface area contributed by atoms with Crippen LogP contribution in [0.15, 0.2) is 48.5 Å². The number of carbonyl (C=O) groups is 3. The molecule has 2 heterocycles. The van der Waals surface area contributed by atoms with Crippen molar-refractivity contribution in [3.63, 3.8) is 0 Å². The van der Waals surface area contributed by atoms with Crippen molar-refractivity contribution in [1.29, 1.82) is 0 Å². The predicted octanol–water partition coefficient (Wildman–Crippen LogP) is 3.15. The van der Waals surface area contributed by atoms with Crippen LogP contribution in [-0.2, 0) is 19.1 Å². The number of piperidine rings is 1. The highest BCUT2D eigenvalue weighted by Crippen LogP contribution is 2.43. The minimum atomic E-state index is -1.03. The van der Waals surface area contributed by atoms with Crippen molar-refractivity contribution in [1.82, 2.24) is 0 Å². The van der Waals surface area contributed by atoms with Gasteiger partial charge in [0.2, 0.25) is 5.91 Å². The molecular formula is C20H16ClNO5. The number of methoxy groups -OCH3 is 1. The molecule has 0 aromatic heterocycles. The van der Waals surface area contributed by atoms with E-state index in [-0.39, 0.29) is 6.42 Å². The lowest BCUT2D eigenvalue weighted by atomic mass is 9.78. The van der Waals surface area contributed by atoms with Crippen LogP contribution in [-0.4, -0.2) is 31.2 Å². The van der Waals surface area contributed by atoms with Crippen molar-refractivity contribution in [2.75, 3.05) is 12.0 Å². The second-order valence-corrected chi connectivity index (χ2v) is 6.92. The van der Waals surface area contributed by atoms with Gasteiger partial charge in [-0.25, -0.2) is 4.79 Å². The van der Waals surface area contributed by atoms with Crippen LogP contribution < -0.4 is 4.90 Å². The molecule has 7 heteroatoms. The monoisotopic (exact) mass is 385 g/mol. The van der Waals surface area contributed by atoms with Gasteiger partial charge in [0.1, 0.15) is 5.92 Å². The van der Waals surface area contributed by atoms with Crippen LogP contribution in [0.1, 0.15) is 28.3 Å². The molecule has 0 spiro atoms. The van der Waals surface area contributed by atoms with Crippen molar-refractivity contribution >= 4 is 35.1 Å². The number of nitrogens with zero attached hydrogens (tertiary/aromatic N) is 1. The van der Waals surface area contributed by atoms with E-state index < -0.39 is 35.9 Å². The molecule has 2 aromatic rings. The summed E-state index contributed by atoms with van der Waals surface area (Å²) in [4.78, 5) is 39.5. The first kappa shape index (κ1) is 17.5. The number of hydrogen-bond acceptors (Lipinski definition) is 5. The van der Waals surface area contributed by atoms with Gasteiger partial charge in [-0.1, -0.05) is 35.9 Å². The Labute approximate surface area is 160 Å². The number of ether oxygens (including phenoxy) is 2. The zero-order valence-electron chi connectivity index (χ0n) is 14.4. The van der Waals surface area contributed by atoms with E-state index in [4.69, 9.17) is 21.1 Å². The quantitative estimate of drug-likeness (QED) is 0.586. The Hall–Kier alpha value is -2.86. The van der Waals surface area contributed by atoms with E-state index in [0.717, 1.165) is 5.56 Å². The molecule has 4 rings (SSSR count). The van der Waals surface area contributed by atoms with Crippen LogP contribution in [0, 0.1) is 5.92 Å². The number of esters is 2. The minimum Gasteiger partial charge on any atom is -0.468 e. The van der Waals surface area contributed by atoms with E-state index in [1.165, 1.54) is 12.0 Å². The Bertz CT molecular complexity index is 926. The highest BCUT2D eigenvalue weighted by Gasteiger charge is 2.51. The van der Waals surface area contributed by atoms with Gasteiger partial charge in [0.15, 0.2) is 6.23 Å². The molecule has 1 fully saturated rings. The van der Waals surface area contributed by atoms with Crippen molar-refractivity contribution in [2.24, 2.45) is 5.92 Å². The van der Waals surface area contributed by atoms with Crippen LogP contribution >= 0.6 is 11.6 Å². The van der Waals surface area contributed by atoms with Crippen LogP contribution in [0.5, 0.6) is 0 Å². The summed E-state index contributed by atoms with van der Waals surface area (Å²) in [7, 11) is 1.25. The summed E-state index contributed by atoms with van der Waals surface area (Å²) in [5.41, 5.74) is 1.51. The summed E-state index contributed by atoms with van der Waals surface area (Å²) >= 11 is 5.96. The van der Waals surface area contributed by atoms with E-state index in [2.05, 4.69) is 0 Å². The summed E-state index contributed by atoms with van der Waals surface area (Å²) in [6.07, 6.45) is -0.491. The molecule has 2 aromatic carbocycles. The number of carbonyl (C=O) groups excluding carboxylic acids is 3. The van der Waals surface area contributed by atoms with Gasteiger partial charge in [0.25, 0.3) is 0 Å². The first-order valence-corrected chi connectivity index (χ1v) is 8.85. The number of anilines is 1. The molecule has 1 amide bonds. The Morgan fingerprint density at radius 1 is 1.15 bits per heavy atom. The molecule has 0 N–H and O–H groups in total. The normalized spacial score (nSPS) is 23.9. The van der Waals surface area contributed by atoms with Gasteiger partial charge >= 0.3 is 11.9 Å². The third kappa shape index (κ3) is 2.86. The fourth-order valence-corrected chi connectivity index (χ4v) is 3.90. The third-order valence-electron chi connectivity index (χ3n) is 5.03. The van der Waals surface area contributed by atoms with Gasteiger partial charge in [0.05, 0.1) is 18.4 Å². The van der Waals surface area contributed by atoms with Crippen molar-refractivity contribution in [3.8, 4) is 0 Å². The first-order valence-electron chi connectivity index (χ1n) is 8.47. The zero-order valence-corrected chi connectivity index (χ0v) is 15.2. The summed E-state index contributed by atoms with van der Waals surface area (Å²) in [6, 6.07) is 13.6. The van der Waals surface area contributed by atoms with Crippen molar-refractivity contribution in [3.05, 3.63) is 64.7 Å². The number of para-hydroxylation sites is 1. The summed E-state index contributed by atoms with van der Waals surface area (Å²) in [6.45, 7) is 0. The lowest BCUT2D eigenvalue weighted by Crippen LogP contribution is -2.57. The number of benzene rings is 2. The lowest BCUT2D eigenvalue weighted by Gasteiger charge is -2.44. The molecule has 27 heavy (non-hydrogen) atoms. The molecule has 0 bridgehead atoms. The Balaban J connectivity index is 1.80. The molecule has 0 aliphatic carbocycles. The molecule has 0 saturated carbocycles. The average molecular weight is 386 g/mol. The van der Waals surface area contributed by atoms with Gasteiger partial charge in [-0.2, -0.15) is 0 Å². The van der Waals surface area contributed by atoms with Crippen LogP contribution in [0.3, 0.4) is 0 Å². The first-order chi connectivity index (χ1) is 13.0. The number of amides is 1. The molecular weight excluding hydrogens is 370 g/mol. The minimum absolute atomic E-state index is 0.285. The van der Waals surface area contributed by atoms with Crippen LogP contribution in [0.4, 0.5) is 5.69 Å². The number of halogens is 1. The Morgan fingerprint density at radius 2 is 1.85 bits per heavy atom. The maximum absolute atomic E-state index is 13.3. The van der Waals surface area contributed by atoms with Gasteiger partial charge in [-0.15, -0.1) is 0 Å². The zero-order chi connectivity index (χ0) is 19.1. The van der Waals surface area contributed by atoms with Gasteiger partial charge in [-0.05, 0) is 29.8 Å². The maximum atomic E-state index is 13.3. The highest BCUT2D eigenvalue weighted by atomic mass is 35.5. The second kappa shape index (κ2) is 6.70. The third-order valence-corrected chi connectivity index (χ3v) is 5.28. The van der Waals surface area contributed by atoms with Crippen molar-refractivity contribution in [2.45, 2.75) is 18.6 Å². The van der Waals surface area contributed by atoms with Gasteiger partial charge in [0, 0.05) is 17.4 Å². The van der Waals surface area contributed by atoms with Crippen LogP contribution in [0.2, 0.25) is 5.02 Å². The molecule has 1 saturated heterocycles. The average Bonchev–Trinajstić information content (AvgIpc) is 2.68. The molecule has 0 radical (unpaired) electrons. The summed E-state index contributed by atoms with van der Waals surface area (Å²) in [5, 5.41) is 0.551. The highest BCUT2D eigenvalue weighted by molar-refractivity contribution is 6.30. The molecule has 3 atom stereocenters. The van der Waals surface area contributed by atoms with Gasteiger partial charge in [-0.3, -0.25) is 14.5 Å². The van der Waals surface area contributed by atoms with E-state index in [1.807, 2.05) is 0 Å². The summed E-state index contributed by atoms with van der Waals surface area (Å²) in [5.74, 6) is -3.06. The van der Waals surface area contributed by atoms with Crippen LogP contribution in [0.25, 0.3) is 0 Å².